The molecule has 0 bridgehead atoms. The lowest BCUT2D eigenvalue weighted by Crippen LogP contribution is -2.35. The molecule has 2 aromatic rings. The molecule has 0 aliphatic carbocycles. The third kappa shape index (κ3) is 5.21. The Hall–Kier alpha value is -2.70. The molecule has 0 aromatic carbocycles. The van der Waals surface area contributed by atoms with Crippen LogP contribution in [-0.2, 0) is 11.3 Å². The predicted molar refractivity (Wildman–Crippen MR) is 83.4 cm³/mol. The lowest BCUT2D eigenvalue weighted by atomic mass is 10.3. The first kappa shape index (κ1) is 16.7. The summed E-state index contributed by atoms with van der Waals surface area (Å²) < 4.78 is 5.29. The molecule has 0 unspecified atom stereocenters. The minimum atomic E-state index is -0.280. The van der Waals surface area contributed by atoms with Crippen molar-refractivity contribution >= 4 is 11.8 Å². The Labute approximate surface area is 134 Å². The fraction of sp³-hybridized carbons (Fsp3) is 0.375. The molecule has 0 radical (unpaired) electrons. The van der Waals surface area contributed by atoms with Crippen LogP contribution in [0.2, 0.25) is 0 Å². The maximum atomic E-state index is 12.5. The molecule has 0 spiro atoms. The van der Waals surface area contributed by atoms with Gasteiger partial charge in [-0.15, -0.1) is 0 Å². The molecular formula is C16H20N4O3. The largest absolute Gasteiger partial charge is 0.467 e. The SMILES string of the molecule is CCCNC(=O)CCN(Cc1ccco1)C(=O)c1cnccn1. The average Bonchev–Trinajstić information content (AvgIpc) is 3.10. The number of rotatable bonds is 8. The van der Waals surface area contributed by atoms with Crippen molar-refractivity contribution < 1.29 is 14.0 Å². The Bertz CT molecular complexity index is 614. The van der Waals surface area contributed by atoms with Crippen molar-refractivity contribution in [3.05, 3.63) is 48.4 Å². The van der Waals surface area contributed by atoms with Gasteiger partial charge in [0.25, 0.3) is 5.91 Å². The number of carbonyl (C=O) groups excluding carboxylic acids is 2. The highest BCUT2D eigenvalue weighted by molar-refractivity contribution is 5.92. The van der Waals surface area contributed by atoms with Crippen LogP contribution in [0, 0.1) is 0 Å². The van der Waals surface area contributed by atoms with Gasteiger partial charge in [0.15, 0.2) is 0 Å². The molecular weight excluding hydrogens is 296 g/mol. The second kappa shape index (κ2) is 8.67. The molecule has 0 fully saturated rings. The van der Waals surface area contributed by atoms with E-state index in [1.54, 1.807) is 18.4 Å². The van der Waals surface area contributed by atoms with Crippen LogP contribution < -0.4 is 5.32 Å². The molecule has 0 aliphatic heterocycles. The number of hydrogen-bond acceptors (Lipinski definition) is 5. The van der Waals surface area contributed by atoms with Crippen molar-refractivity contribution in [2.45, 2.75) is 26.3 Å². The maximum absolute atomic E-state index is 12.5. The highest BCUT2D eigenvalue weighted by atomic mass is 16.3. The van der Waals surface area contributed by atoms with E-state index in [-0.39, 0.29) is 37.0 Å². The monoisotopic (exact) mass is 316 g/mol. The summed E-state index contributed by atoms with van der Waals surface area (Å²) in [6.07, 6.45) is 7.04. The van der Waals surface area contributed by atoms with Gasteiger partial charge in [-0.3, -0.25) is 14.6 Å². The van der Waals surface area contributed by atoms with Gasteiger partial charge in [-0.25, -0.2) is 4.98 Å². The van der Waals surface area contributed by atoms with E-state index < -0.39 is 0 Å². The van der Waals surface area contributed by atoms with Crippen LogP contribution in [0.3, 0.4) is 0 Å². The Morgan fingerprint density at radius 3 is 2.87 bits per heavy atom. The van der Waals surface area contributed by atoms with Crippen molar-refractivity contribution in [1.82, 2.24) is 20.2 Å². The normalized spacial score (nSPS) is 10.3. The molecule has 0 aliphatic rings. The van der Waals surface area contributed by atoms with E-state index in [4.69, 9.17) is 4.42 Å². The maximum Gasteiger partial charge on any atom is 0.274 e. The fourth-order valence-electron chi connectivity index (χ4n) is 2.00. The zero-order valence-electron chi connectivity index (χ0n) is 13.1. The van der Waals surface area contributed by atoms with Gasteiger partial charge in [-0.1, -0.05) is 6.92 Å². The predicted octanol–water partition coefficient (Wildman–Crippen LogP) is 1.63. The van der Waals surface area contributed by atoms with Crippen molar-refractivity contribution in [3.63, 3.8) is 0 Å². The molecule has 23 heavy (non-hydrogen) atoms. The summed E-state index contributed by atoms with van der Waals surface area (Å²) in [5.74, 6) is 0.289. The van der Waals surface area contributed by atoms with Crippen LogP contribution in [0.1, 0.15) is 36.0 Å². The number of nitrogens with one attached hydrogen (secondary N) is 1. The minimum Gasteiger partial charge on any atom is -0.467 e. The second-order valence-corrected chi connectivity index (χ2v) is 5.00. The zero-order valence-corrected chi connectivity index (χ0v) is 13.1. The van der Waals surface area contributed by atoms with Crippen molar-refractivity contribution in [1.29, 1.82) is 0 Å². The van der Waals surface area contributed by atoms with Gasteiger partial charge in [0.2, 0.25) is 5.91 Å². The van der Waals surface area contributed by atoms with Crippen molar-refractivity contribution in [3.8, 4) is 0 Å². The van der Waals surface area contributed by atoms with Crippen molar-refractivity contribution in [2.75, 3.05) is 13.1 Å². The third-order valence-electron chi connectivity index (χ3n) is 3.18. The number of nitrogens with zero attached hydrogens (tertiary/aromatic N) is 3. The quantitative estimate of drug-likeness (QED) is 0.799. The second-order valence-electron chi connectivity index (χ2n) is 5.00. The molecule has 122 valence electrons. The van der Waals surface area contributed by atoms with Crippen molar-refractivity contribution in [2.24, 2.45) is 0 Å². The fourth-order valence-corrected chi connectivity index (χ4v) is 2.00. The van der Waals surface area contributed by atoms with Gasteiger partial charge in [-0.05, 0) is 18.6 Å². The lowest BCUT2D eigenvalue weighted by Gasteiger charge is -2.21. The van der Waals surface area contributed by atoms with Crippen LogP contribution in [0.4, 0.5) is 0 Å². The summed E-state index contributed by atoms with van der Waals surface area (Å²) in [6, 6.07) is 3.54. The summed E-state index contributed by atoms with van der Waals surface area (Å²) in [5, 5.41) is 2.80. The summed E-state index contributed by atoms with van der Waals surface area (Å²) in [4.78, 5) is 33.8. The summed E-state index contributed by atoms with van der Waals surface area (Å²) in [5.41, 5.74) is 0.244. The Balaban J connectivity index is 2.02. The van der Waals surface area contributed by atoms with Gasteiger partial charge >= 0.3 is 0 Å². The molecule has 2 heterocycles. The van der Waals surface area contributed by atoms with Crippen LogP contribution in [0.15, 0.2) is 41.4 Å². The van der Waals surface area contributed by atoms with Gasteiger partial charge in [0, 0.05) is 31.9 Å². The van der Waals surface area contributed by atoms with E-state index in [1.807, 2.05) is 6.92 Å². The number of furan rings is 1. The first-order valence-corrected chi connectivity index (χ1v) is 7.55. The number of aromatic nitrogens is 2. The standard InChI is InChI=1S/C16H20N4O3/c1-2-6-19-15(21)5-9-20(12-13-4-3-10-23-13)16(22)14-11-17-7-8-18-14/h3-4,7-8,10-11H,2,5-6,9,12H2,1H3,(H,19,21). The first-order valence-electron chi connectivity index (χ1n) is 7.55. The minimum absolute atomic E-state index is 0.0803. The van der Waals surface area contributed by atoms with E-state index >= 15 is 0 Å². The molecule has 7 heteroatoms. The Morgan fingerprint density at radius 2 is 2.22 bits per heavy atom. The summed E-state index contributed by atoms with van der Waals surface area (Å²) in [7, 11) is 0. The zero-order chi connectivity index (χ0) is 16.5. The molecule has 2 aromatic heterocycles. The van der Waals surface area contributed by atoms with E-state index in [0.29, 0.717) is 12.3 Å². The van der Waals surface area contributed by atoms with Crippen LogP contribution in [0.25, 0.3) is 0 Å². The average molecular weight is 316 g/mol. The molecule has 7 nitrogen and oxygen atoms in total. The number of hydrogen-bond donors (Lipinski definition) is 1. The topological polar surface area (TPSA) is 88.3 Å². The Kier molecular flexibility index (Phi) is 6.28. The van der Waals surface area contributed by atoms with E-state index in [0.717, 1.165) is 6.42 Å². The molecule has 0 saturated heterocycles. The van der Waals surface area contributed by atoms with E-state index in [1.165, 1.54) is 23.5 Å². The van der Waals surface area contributed by atoms with Gasteiger partial charge in [0.05, 0.1) is 19.0 Å². The molecule has 1 N–H and O–H groups in total. The lowest BCUT2D eigenvalue weighted by molar-refractivity contribution is -0.121. The van der Waals surface area contributed by atoms with Crippen LogP contribution in [-0.4, -0.2) is 39.8 Å². The van der Waals surface area contributed by atoms with E-state index in [9.17, 15) is 9.59 Å². The van der Waals surface area contributed by atoms with Gasteiger partial charge < -0.3 is 14.6 Å². The highest BCUT2D eigenvalue weighted by Crippen LogP contribution is 2.09. The molecule has 0 atom stereocenters. The molecule has 2 rings (SSSR count). The van der Waals surface area contributed by atoms with E-state index in [2.05, 4.69) is 15.3 Å². The van der Waals surface area contributed by atoms with Crippen LogP contribution >= 0.6 is 0 Å². The summed E-state index contributed by atoms with van der Waals surface area (Å²) in [6.45, 7) is 3.19. The molecule has 2 amide bonds. The van der Waals surface area contributed by atoms with Gasteiger partial charge in [0.1, 0.15) is 11.5 Å². The smallest absolute Gasteiger partial charge is 0.274 e. The Morgan fingerprint density at radius 1 is 1.35 bits per heavy atom. The number of amides is 2. The first-order chi connectivity index (χ1) is 11.2. The molecule has 0 saturated carbocycles. The third-order valence-corrected chi connectivity index (χ3v) is 3.18. The summed E-state index contributed by atoms with van der Waals surface area (Å²) >= 11 is 0. The van der Waals surface area contributed by atoms with Gasteiger partial charge in [-0.2, -0.15) is 0 Å². The van der Waals surface area contributed by atoms with Crippen LogP contribution in [0.5, 0.6) is 0 Å². The highest BCUT2D eigenvalue weighted by Gasteiger charge is 2.19. The number of carbonyl (C=O) groups is 2.